The molecular formula is C24H33F2IN4O. The zero-order valence-electron chi connectivity index (χ0n) is 18.9. The van der Waals surface area contributed by atoms with Gasteiger partial charge in [0.1, 0.15) is 11.6 Å². The minimum Gasteiger partial charge on any atom is -0.393 e. The maximum absolute atomic E-state index is 14.7. The van der Waals surface area contributed by atoms with Crippen LogP contribution in [0.2, 0.25) is 0 Å². The minimum absolute atomic E-state index is 0. The summed E-state index contributed by atoms with van der Waals surface area (Å²) in [5.74, 6) is 0.0860. The zero-order chi connectivity index (χ0) is 22.4. The van der Waals surface area contributed by atoms with Crippen molar-refractivity contribution < 1.29 is 13.9 Å². The van der Waals surface area contributed by atoms with Gasteiger partial charge in [0.15, 0.2) is 5.96 Å². The summed E-state index contributed by atoms with van der Waals surface area (Å²) in [6.45, 7) is 7.96. The second-order valence-corrected chi connectivity index (χ2v) is 8.07. The van der Waals surface area contributed by atoms with Crippen LogP contribution >= 0.6 is 24.0 Å². The van der Waals surface area contributed by atoms with Crippen LogP contribution in [0.4, 0.5) is 14.5 Å². The van der Waals surface area contributed by atoms with Crippen LogP contribution in [0, 0.1) is 18.6 Å². The number of aliphatic hydroxyl groups excluding tert-OH is 1. The van der Waals surface area contributed by atoms with E-state index in [1.54, 1.807) is 19.1 Å². The van der Waals surface area contributed by atoms with Crippen LogP contribution < -0.4 is 15.5 Å². The molecule has 0 aliphatic carbocycles. The average molecular weight is 558 g/mol. The predicted octanol–water partition coefficient (Wildman–Crippen LogP) is 4.67. The fraction of sp³-hybridized carbons (Fsp3) is 0.458. The zero-order valence-corrected chi connectivity index (χ0v) is 21.2. The van der Waals surface area contributed by atoms with E-state index >= 15 is 0 Å². The number of guanidine groups is 1. The molecule has 0 bridgehead atoms. The van der Waals surface area contributed by atoms with Crippen molar-refractivity contribution in [3.8, 4) is 0 Å². The van der Waals surface area contributed by atoms with Gasteiger partial charge >= 0.3 is 0 Å². The standard InChI is InChI=1S/C24H32F2N4O.HI/c1-4-27-24(29-17(3)19-7-5-16(2)21(25)14-19)28-15-18-6-8-23(22(26)13-18)30-11-9-20(31)10-12-30;/h5-8,13-14,17,20,31H,4,9-12,15H2,1-3H3,(H2,27,28,29);1H. The highest BCUT2D eigenvalue weighted by Crippen LogP contribution is 2.24. The van der Waals surface area contributed by atoms with Gasteiger partial charge in [0.2, 0.25) is 0 Å². The van der Waals surface area contributed by atoms with Gasteiger partial charge < -0.3 is 20.6 Å². The van der Waals surface area contributed by atoms with Gasteiger partial charge in [-0.3, -0.25) is 0 Å². The molecule has 0 aromatic heterocycles. The van der Waals surface area contributed by atoms with E-state index in [0.29, 0.717) is 56.2 Å². The number of aryl methyl sites for hydroxylation is 1. The number of piperidine rings is 1. The summed E-state index contributed by atoms with van der Waals surface area (Å²) in [6, 6.07) is 10.2. The molecule has 1 heterocycles. The number of halogens is 3. The molecule has 0 saturated carbocycles. The van der Waals surface area contributed by atoms with Crippen molar-refractivity contribution in [1.82, 2.24) is 10.6 Å². The number of benzene rings is 2. The van der Waals surface area contributed by atoms with Crippen molar-refractivity contribution in [2.24, 2.45) is 4.99 Å². The third-order valence-corrected chi connectivity index (χ3v) is 5.63. The van der Waals surface area contributed by atoms with Crippen LogP contribution in [-0.4, -0.2) is 36.8 Å². The number of nitrogens with zero attached hydrogens (tertiary/aromatic N) is 2. The first kappa shape index (κ1) is 26.3. The summed E-state index contributed by atoms with van der Waals surface area (Å²) >= 11 is 0. The largest absolute Gasteiger partial charge is 0.393 e. The topological polar surface area (TPSA) is 59.9 Å². The lowest BCUT2D eigenvalue weighted by Crippen LogP contribution is -2.38. The highest BCUT2D eigenvalue weighted by Gasteiger charge is 2.19. The molecule has 3 N–H and O–H groups in total. The quantitative estimate of drug-likeness (QED) is 0.274. The number of hydrogen-bond donors (Lipinski definition) is 3. The van der Waals surface area contributed by atoms with E-state index < -0.39 is 0 Å². The van der Waals surface area contributed by atoms with E-state index in [1.165, 1.54) is 12.1 Å². The van der Waals surface area contributed by atoms with E-state index in [4.69, 9.17) is 0 Å². The molecule has 1 fully saturated rings. The SMILES string of the molecule is CCNC(=NCc1ccc(N2CCC(O)CC2)c(F)c1)NC(C)c1ccc(C)c(F)c1.I. The average Bonchev–Trinajstić information content (AvgIpc) is 2.75. The molecule has 1 atom stereocenters. The summed E-state index contributed by atoms with van der Waals surface area (Å²) in [6.07, 6.45) is 1.03. The van der Waals surface area contributed by atoms with Gasteiger partial charge in [-0.25, -0.2) is 13.8 Å². The first-order valence-electron chi connectivity index (χ1n) is 10.9. The van der Waals surface area contributed by atoms with Crippen molar-refractivity contribution in [3.05, 3.63) is 64.7 Å². The Kier molecular flexibility index (Phi) is 10.1. The Morgan fingerprint density at radius 1 is 1.16 bits per heavy atom. The smallest absolute Gasteiger partial charge is 0.192 e. The van der Waals surface area contributed by atoms with E-state index in [-0.39, 0.29) is 47.8 Å². The lowest BCUT2D eigenvalue weighted by atomic mass is 10.1. The Hall–Kier alpha value is -1.94. The first-order valence-corrected chi connectivity index (χ1v) is 10.9. The maximum Gasteiger partial charge on any atom is 0.192 e. The lowest BCUT2D eigenvalue weighted by molar-refractivity contribution is 0.145. The summed E-state index contributed by atoms with van der Waals surface area (Å²) in [7, 11) is 0. The van der Waals surface area contributed by atoms with Crippen LogP contribution in [0.25, 0.3) is 0 Å². The highest BCUT2D eigenvalue weighted by molar-refractivity contribution is 14.0. The van der Waals surface area contributed by atoms with Crippen LogP contribution in [-0.2, 0) is 6.54 Å². The second kappa shape index (κ2) is 12.3. The molecule has 5 nitrogen and oxygen atoms in total. The maximum atomic E-state index is 14.7. The number of aliphatic imine (C=N–C) groups is 1. The Labute approximate surface area is 206 Å². The van der Waals surface area contributed by atoms with Gasteiger partial charge in [0.05, 0.1) is 24.4 Å². The predicted molar refractivity (Wildman–Crippen MR) is 137 cm³/mol. The molecule has 1 aliphatic heterocycles. The van der Waals surface area contributed by atoms with E-state index in [0.717, 1.165) is 11.1 Å². The van der Waals surface area contributed by atoms with Crippen molar-refractivity contribution in [2.45, 2.75) is 52.3 Å². The van der Waals surface area contributed by atoms with Crippen molar-refractivity contribution >= 4 is 35.6 Å². The molecule has 2 aromatic carbocycles. The molecule has 1 aliphatic rings. The van der Waals surface area contributed by atoms with Gasteiger partial charge in [0.25, 0.3) is 0 Å². The molecule has 0 spiro atoms. The molecule has 1 unspecified atom stereocenters. The second-order valence-electron chi connectivity index (χ2n) is 8.07. The molecule has 1 saturated heterocycles. The molecule has 2 aromatic rings. The van der Waals surface area contributed by atoms with E-state index in [9.17, 15) is 13.9 Å². The molecule has 0 radical (unpaired) electrons. The lowest BCUT2D eigenvalue weighted by Gasteiger charge is -2.31. The summed E-state index contributed by atoms with van der Waals surface area (Å²) in [5.41, 5.74) is 2.78. The van der Waals surface area contributed by atoms with Crippen LogP contribution in [0.1, 0.15) is 49.4 Å². The molecule has 0 amide bonds. The highest BCUT2D eigenvalue weighted by atomic mass is 127. The molecular weight excluding hydrogens is 525 g/mol. The number of nitrogens with one attached hydrogen (secondary N) is 2. The fourth-order valence-corrected chi connectivity index (χ4v) is 3.67. The first-order chi connectivity index (χ1) is 14.9. The van der Waals surface area contributed by atoms with Crippen LogP contribution in [0.5, 0.6) is 0 Å². The molecule has 8 heteroatoms. The summed E-state index contributed by atoms with van der Waals surface area (Å²) < 4.78 is 28.6. The number of aliphatic hydroxyl groups is 1. The van der Waals surface area contributed by atoms with Crippen LogP contribution in [0.15, 0.2) is 41.4 Å². The third-order valence-electron chi connectivity index (χ3n) is 5.63. The third kappa shape index (κ3) is 7.03. The van der Waals surface area contributed by atoms with Gasteiger partial charge in [-0.1, -0.05) is 18.2 Å². The Morgan fingerprint density at radius 2 is 1.88 bits per heavy atom. The summed E-state index contributed by atoms with van der Waals surface area (Å²) in [4.78, 5) is 6.55. The Balaban J connectivity index is 0.00000363. The van der Waals surface area contributed by atoms with Gasteiger partial charge in [0, 0.05) is 19.6 Å². The summed E-state index contributed by atoms with van der Waals surface area (Å²) in [5, 5.41) is 16.1. The number of rotatable bonds is 6. The molecule has 3 rings (SSSR count). The number of anilines is 1. The fourth-order valence-electron chi connectivity index (χ4n) is 3.67. The normalized spacial score (nSPS) is 15.8. The van der Waals surface area contributed by atoms with Crippen molar-refractivity contribution in [3.63, 3.8) is 0 Å². The van der Waals surface area contributed by atoms with Gasteiger partial charge in [-0.05, 0) is 68.5 Å². The molecule has 176 valence electrons. The van der Waals surface area contributed by atoms with Crippen molar-refractivity contribution in [2.75, 3.05) is 24.5 Å². The van der Waals surface area contributed by atoms with Crippen molar-refractivity contribution in [1.29, 1.82) is 0 Å². The Morgan fingerprint density at radius 3 is 2.50 bits per heavy atom. The Bertz CT molecular complexity index is 917. The monoisotopic (exact) mass is 558 g/mol. The van der Waals surface area contributed by atoms with E-state index in [2.05, 4.69) is 15.6 Å². The molecule has 32 heavy (non-hydrogen) atoms. The van der Waals surface area contributed by atoms with Crippen LogP contribution in [0.3, 0.4) is 0 Å². The van der Waals surface area contributed by atoms with Gasteiger partial charge in [-0.15, -0.1) is 24.0 Å². The number of hydrogen-bond acceptors (Lipinski definition) is 3. The van der Waals surface area contributed by atoms with E-state index in [1.807, 2.05) is 30.9 Å². The van der Waals surface area contributed by atoms with Gasteiger partial charge in [-0.2, -0.15) is 0 Å². The minimum atomic E-state index is -0.288.